The number of Topliss-reactive ketones (excluding diaryl/α,β-unsaturated/α-hetero) is 1. The monoisotopic (exact) mass is 276 g/mol. The summed E-state index contributed by atoms with van der Waals surface area (Å²) in [6, 6.07) is 6.23. The molecular formula is C15H17ClN2O. The van der Waals surface area contributed by atoms with Crippen molar-refractivity contribution in [2.75, 3.05) is 5.88 Å². The number of rotatable bonds is 3. The van der Waals surface area contributed by atoms with Gasteiger partial charge in [0.25, 0.3) is 0 Å². The van der Waals surface area contributed by atoms with E-state index in [1.165, 1.54) is 11.1 Å². The first kappa shape index (κ1) is 13.8. The summed E-state index contributed by atoms with van der Waals surface area (Å²) in [7, 11) is 0. The van der Waals surface area contributed by atoms with Gasteiger partial charge in [0, 0.05) is 0 Å². The third kappa shape index (κ3) is 2.56. The zero-order chi connectivity index (χ0) is 14.2. The van der Waals surface area contributed by atoms with Crippen LogP contribution >= 0.6 is 11.6 Å². The van der Waals surface area contributed by atoms with Crippen molar-refractivity contribution in [3.63, 3.8) is 0 Å². The van der Waals surface area contributed by atoms with Crippen LogP contribution in [0.2, 0.25) is 0 Å². The molecule has 3 nitrogen and oxygen atoms in total. The summed E-state index contributed by atoms with van der Waals surface area (Å²) in [5.74, 6) is -0.0903. The average Bonchev–Trinajstić information content (AvgIpc) is 2.63. The Labute approximate surface area is 118 Å². The molecule has 4 heteroatoms. The van der Waals surface area contributed by atoms with Gasteiger partial charge in [0.05, 0.1) is 28.5 Å². The molecule has 0 saturated heterocycles. The van der Waals surface area contributed by atoms with Gasteiger partial charge >= 0.3 is 0 Å². The van der Waals surface area contributed by atoms with Gasteiger partial charge in [0.1, 0.15) is 0 Å². The molecule has 1 heterocycles. The van der Waals surface area contributed by atoms with Gasteiger partial charge in [-0.3, -0.25) is 4.79 Å². The normalized spacial score (nSPS) is 10.8. The Morgan fingerprint density at radius 1 is 1.16 bits per heavy atom. The second-order valence-electron chi connectivity index (χ2n) is 4.86. The topological polar surface area (TPSA) is 34.9 Å². The largest absolute Gasteiger partial charge is 0.293 e. The van der Waals surface area contributed by atoms with Crippen LogP contribution in [-0.2, 0) is 0 Å². The van der Waals surface area contributed by atoms with Crippen molar-refractivity contribution >= 4 is 17.4 Å². The van der Waals surface area contributed by atoms with Gasteiger partial charge in [-0.2, -0.15) is 5.10 Å². The molecule has 0 N–H and O–H groups in total. The molecule has 0 atom stereocenters. The summed E-state index contributed by atoms with van der Waals surface area (Å²) < 4.78 is 1.81. The Kier molecular flexibility index (Phi) is 3.76. The molecule has 0 radical (unpaired) electrons. The summed E-state index contributed by atoms with van der Waals surface area (Å²) in [6.45, 7) is 7.84. The number of benzene rings is 1. The van der Waals surface area contributed by atoms with Crippen molar-refractivity contribution in [1.29, 1.82) is 0 Å². The third-order valence-electron chi connectivity index (χ3n) is 3.14. The summed E-state index contributed by atoms with van der Waals surface area (Å²) >= 11 is 5.65. The van der Waals surface area contributed by atoms with Gasteiger partial charge in [-0.15, -0.1) is 11.6 Å². The maximum absolute atomic E-state index is 11.8. The quantitative estimate of drug-likeness (QED) is 0.635. The first-order valence-electron chi connectivity index (χ1n) is 6.18. The highest BCUT2D eigenvalue weighted by atomic mass is 35.5. The molecule has 0 saturated carbocycles. The lowest BCUT2D eigenvalue weighted by molar-refractivity contribution is 0.102. The van der Waals surface area contributed by atoms with E-state index in [4.69, 9.17) is 11.6 Å². The van der Waals surface area contributed by atoms with E-state index < -0.39 is 0 Å². The molecule has 0 unspecified atom stereocenters. The Hall–Kier alpha value is -1.61. The van der Waals surface area contributed by atoms with Crippen LogP contribution in [-0.4, -0.2) is 21.4 Å². The summed E-state index contributed by atoms with van der Waals surface area (Å²) in [5.41, 5.74) is 5.52. The first-order valence-corrected chi connectivity index (χ1v) is 6.71. The highest BCUT2D eigenvalue weighted by Crippen LogP contribution is 2.20. The first-order chi connectivity index (χ1) is 8.93. The molecule has 2 rings (SSSR count). The summed E-state index contributed by atoms with van der Waals surface area (Å²) in [6.07, 6.45) is 0. The van der Waals surface area contributed by atoms with Gasteiger partial charge in [-0.05, 0) is 51.0 Å². The number of aromatic nitrogens is 2. The zero-order valence-electron chi connectivity index (χ0n) is 11.6. The van der Waals surface area contributed by atoms with Crippen molar-refractivity contribution < 1.29 is 4.79 Å². The molecule has 0 aliphatic rings. The van der Waals surface area contributed by atoms with E-state index in [2.05, 4.69) is 23.3 Å². The lowest BCUT2D eigenvalue weighted by atomic mass is 10.1. The van der Waals surface area contributed by atoms with E-state index in [-0.39, 0.29) is 11.7 Å². The molecule has 19 heavy (non-hydrogen) atoms. The number of alkyl halides is 1. The number of nitrogens with zero attached hydrogens (tertiary/aromatic N) is 2. The Morgan fingerprint density at radius 3 is 2.26 bits per heavy atom. The predicted octanol–water partition coefficient (Wildman–Crippen LogP) is 3.53. The van der Waals surface area contributed by atoms with Crippen LogP contribution in [0.25, 0.3) is 5.69 Å². The van der Waals surface area contributed by atoms with Crippen LogP contribution in [0.3, 0.4) is 0 Å². The van der Waals surface area contributed by atoms with Crippen LogP contribution in [0.15, 0.2) is 18.2 Å². The fourth-order valence-corrected chi connectivity index (χ4v) is 2.57. The molecule has 0 aliphatic carbocycles. The third-order valence-corrected chi connectivity index (χ3v) is 3.39. The van der Waals surface area contributed by atoms with Crippen molar-refractivity contribution in [2.45, 2.75) is 27.7 Å². The smallest absolute Gasteiger partial charge is 0.181 e. The maximum Gasteiger partial charge on any atom is 0.181 e. The van der Waals surface area contributed by atoms with Crippen LogP contribution in [0, 0.1) is 27.7 Å². The highest BCUT2D eigenvalue weighted by molar-refractivity contribution is 6.30. The van der Waals surface area contributed by atoms with E-state index in [9.17, 15) is 4.79 Å². The molecule has 100 valence electrons. The average molecular weight is 277 g/mol. The fourth-order valence-electron chi connectivity index (χ4n) is 2.44. The second kappa shape index (κ2) is 5.17. The number of hydrogen-bond donors (Lipinski definition) is 0. The summed E-state index contributed by atoms with van der Waals surface area (Å²) in [5, 5.41) is 4.47. The highest BCUT2D eigenvalue weighted by Gasteiger charge is 2.18. The number of carbonyl (C=O) groups is 1. The second-order valence-corrected chi connectivity index (χ2v) is 5.13. The standard InChI is InChI=1S/C15H17ClN2O/c1-9-5-10(2)7-13(6-9)18-12(4)15(11(3)17-18)14(19)8-16/h5-7H,8H2,1-4H3. The van der Waals surface area contributed by atoms with Crippen LogP contribution in [0.4, 0.5) is 0 Å². The molecule has 1 aromatic carbocycles. The van der Waals surface area contributed by atoms with Gasteiger partial charge < -0.3 is 0 Å². The minimum absolute atomic E-state index is 0.0137. The van der Waals surface area contributed by atoms with Crippen molar-refractivity contribution in [2.24, 2.45) is 0 Å². The minimum atomic E-state index is -0.0766. The zero-order valence-corrected chi connectivity index (χ0v) is 12.4. The lowest BCUT2D eigenvalue weighted by Crippen LogP contribution is -2.05. The SMILES string of the molecule is Cc1cc(C)cc(-n2nc(C)c(C(=O)CCl)c2C)c1. The number of aryl methyl sites for hydroxylation is 3. The van der Waals surface area contributed by atoms with E-state index in [0.29, 0.717) is 5.56 Å². The van der Waals surface area contributed by atoms with Crippen molar-refractivity contribution in [3.05, 3.63) is 46.3 Å². The van der Waals surface area contributed by atoms with Crippen molar-refractivity contribution in [1.82, 2.24) is 9.78 Å². The summed E-state index contributed by atoms with van der Waals surface area (Å²) in [4.78, 5) is 11.8. The maximum atomic E-state index is 11.8. The Morgan fingerprint density at radius 2 is 1.74 bits per heavy atom. The number of halogens is 1. The van der Waals surface area contributed by atoms with E-state index in [1.54, 1.807) is 0 Å². The molecule has 0 spiro atoms. The molecule has 0 bridgehead atoms. The van der Waals surface area contributed by atoms with Crippen LogP contribution in [0.1, 0.15) is 32.9 Å². The molecule has 0 fully saturated rings. The van der Waals surface area contributed by atoms with Crippen LogP contribution in [0.5, 0.6) is 0 Å². The van der Waals surface area contributed by atoms with Gasteiger partial charge in [0.2, 0.25) is 0 Å². The van der Waals surface area contributed by atoms with Gasteiger partial charge in [0.15, 0.2) is 5.78 Å². The molecule has 1 aromatic heterocycles. The van der Waals surface area contributed by atoms with Gasteiger partial charge in [-0.25, -0.2) is 4.68 Å². The molecular weight excluding hydrogens is 260 g/mol. The number of hydrogen-bond acceptors (Lipinski definition) is 2. The van der Waals surface area contributed by atoms with Crippen LogP contribution < -0.4 is 0 Å². The van der Waals surface area contributed by atoms with E-state index in [0.717, 1.165) is 17.1 Å². The predicted molar refractivity (Wildman–Crippen MR) is 77.6 cm³/mol. The number of ketones is 1. The minimum Gasteiger partial charge on any atom is -0.293 e. The molecule has 2 aromatic rings. The molecule has 0 aliphatic heterocycles. The van der Waals surface area contributed by atoms with Crippen molar-refractivity contribution in [3.8, 4) is 5.69 Å². The Balaban J connectivity index is 2.61. The van der Waals surface area contributed by atoms with E-state index >= 15 is 0 Å². The Bertz CT molecular complexity index is 624. The van der Waals surface area contributed by atoms with Gasteiger partial charge in [-0.1, -0.05) is 6.07 Å². The van der Waals surface area contributed by atoms with E-state index in [1.807, 2.05) is 32.4 Å². The fraction of sp³-hybridized carbons (Fsp3) is 0.333. The lowest BCUT2D eigenvalue weighted by Gasteiger charge is -2.07. The number of carbonyl (C=O) groups excluding carboxylic acids is 1. The molecule has 0 amide bonds.